The zero-order valence-electron chi connectivity index (χ0n) is 23.9. The molecule has 2 atom stereocenters. The largest absolute Gasteiger partial charge is 0.480 e. The van der Waals surface area contributed by atoms with E-state index in [-0.39, 0.29) is 16.8 Å². The first-order chi connectivity index (χ1) is 20.7. The molecule has 11 nitrogen and oxygen atoms in total. The zero-order valence-corrected chi connectivity index (χ0v) is 26.2. The number of H-pyrrole nitrogens is 1. The Labute approximate surface area is 261 Å². The number of nitrogens with one attached hydrogen (secondary N) is 2. The van der Waals surface area contributed by atoms with Gasteiger partial charge in [-0.05, 0) is 56.4 Å². The number of aryl methyl sites for hydroxylation is 1. The van der Waals surface area contributed by atoms with Crippen molar-refractivity contribution in [3.63, 3.8) is 0 Å². The molecule has 5 rings (SSSR count). The number of hydrogen-bond donors (Lipinski definition) is 3. The lowest BCUT2D eigenvalue weighted by atomic mass is 9.99. The van der Waals surface area contributed by atoms with Crippen molar-refractivity contribution in [2.45, 2.75) is 59.0 Å². The summed E-state index contributed by atoms with van der Waals surface area (Å²) < 4.78 is 8.82. The van der Waals surface area contributed by atoms with Crippen LogP contribution in [0, 0.1) is 5.92 Å². The number of aromatic amines is 1. The van der Waals surface area contributed by atoms with Crippen LogP contribution in [0.5, 0.6) is 0 Å². The van der Waals surface area contributed by atoms with Gasteiger partial charge in [0.2, 0.25) is 0 Å². The summed E-state index contributed by atoms with van der Waals surface area (Å²) in [6.45, 7) is 6.04. The van der Waals surface area contributed by atoms with Gasteiger partial charge in [-0.15, -0.1) is 5.10 Å². The molecule has 0 fully saturated rings. The van der Waals surface area contributed by atoms with Crippen molar-refractivity contribution in [3.05, 3.63) is 69.2 Å². The first-order valence-corrected chi connectivity index (χ1v) is 15.2. The van der Waals surface area contributed by atoms with Crippen LogP contribution in [0.15, 0.2) is 51.4 Å². The number of carboxylic acids is 1. The molecule has 0 radical (unpaired) electrons. The first-order valence-electron chi connectivity index (χ1n) is 14.1. The summed E-state index contributed by atoms with van der Waals surface area (Å²) in [6, 6.07) is 12.4. The Hall–Kier alpha value is -4.03. The second-order valence-electron chi connectivity index (χ2n) is 10.4. The zero-order chi connectivity index (χ0) is 30.7. The average molecular weight is 669 g/mol. The third-order valence-corrected chi connectivity index (χ3v) is 8.59. The monoisotopic (exact) mass is 667 g/mol. The highest BCUT2D eigenvalue weighted by Gasteiger charge is 2.30. The summed E-state index contributed by atoms with van der Waals surface area (Å²) in [5.41, 5.74) is 3.28. The normalized spacial score (nSPS) is 12.9. The van der Waals surface area contributed by atoms with Gasteiger partial charge >= 0.3 is 5.97 Å². The molecule has 3 heterocycles. The number of carboxylic acid groups (broad SMARTS) is 1. The van der Waals surface area contributed by atoms with E-state index < -0.39 is 17.9 Å². The van der Waals surface area contributed by atoms with Gasteiger partial charge in [-0.3, -0.25) is 4.79 Å². The van der Waals surface area contributed by atoms with Gasteiger partial charge < -0.3 is 19.4 Å². The smallest absolute Gasteiger partial charge is 0.326 e. The summed E-state index contributed by atoms with van der Waals surface area (Å²) in [6.07, 6.45) is 3.00. The molecule has 43 heavy (non-hydrogen) atoms. The van der Waals surface area contributed by atoms with Gasteiger partial charge in [0.15, 0.2) is 11.0 Å². The molecule has 0 aliphatic rings. The molecule has 0 unspecified atom stereocenters. The number of nitrogens with zero attached hydrogens (tertiary/aromatic N) is 5. The maximum absolute atomic E-state index is 13.5. The Kier molecular flexibility index (Phi) is 9.26. The molecule has 1 amide bonds. The lowest BCUT2D eigenvalue weighted by Crippen LogP contribution is -2.45. The van der Waals surface area contributed by atoms with Crippen molar-refractivity contribution in [3.8, 4) is 22.7 Å². The highest BCUT2D eigenvalue weighted by atomic mass is 79.9. The quantitative estimate of drug-likeness (QED) is 0.136. The number of hydrogen-bond acceptors (Lipinski definition) is 7. The maximum atomic E-state index is 13.5. The van der Waals surface area contributed by atoms with E-state index in [4.69, 9.17) is 16.0 Å². The molecule has 2 aromatic carbocycles. The van der Waals surface area contributed by atoms with Crippen molar-refractivity contribution in [1.29, 1.82) is 0 Å². The third kappa shape index (κ3) is 6.21. The fourth-order valence-electron chi connectivity index (χ4n) is 5.00. The van der Waals surface area contributed by atoms with Crippen molar-refractivity contribution < 1.29 is 19.1 Å². The molecule has 0 spiro atoms. The molecule has 0 aliphatic heterocycles. The molecule has 0 saturated carbocycles. The minimum Gasteiger partial charge on any atom is -0.480 e. The first kappa shape index (κ1) is 30.4. The number of rotatable bonds is 12. The SMILES string of the molecule is CCCCc1nc(Cl)c(C(=O)N[C@H](C(=O)O)[C@@H](C)CC)n1Cc1ccc2oc(-c3ccccc3-c3nnn[nH]3)c(Br)c2c1. The molecule has 0 aliphatic carbocycles. The number of carbonyl (C=O) groups excluding carboxylic acids is 1. The van der Waals surface area contributed by atoms with E-state index in [1.165, 1.54) is 0 Å². The lowest BCUT2D eigenvalue weighted by Gasteiger charge is -2.21. The summed E-state index contributed by atoms with van der Waals surface area (Å²) in [5, 5.41) is 27.6. The van der Waals surface area contributed by atoms with Gasteiger partial charge in [-0.1, -0.05) is 75.5 Å². The fourth-order valence-corrected chi connectivity index (χ4v) is 5.89. The Morgan fingerprint density at radius 1 is 1.19 bits per heavy atom. The van der Waals surface area contributed by atoms with Gasteiger partial charge in [0, 0.05) is 29.5 Å². The molecule has 3 aromatic heterocycles. The lowest BCUT2D eigenvalue weighted by molar-refractivity contribution is -0.140. The number of unbranched alkanes of at least 4 members (excludes halogenated alkanes) is 1. The molecule has 0 bridgehead atoms. The van der Waals surface area contributed by atoms with E-state index in [1.807, 2.05) is 49.4 Å². The second-order valence-corrected chi connectivity index (χ2v) is 11.6. The minimum absolute atomic E-state index is 0.0447. The molecule has 13 heteroatoms. The van der Waals surface area contributed by atoms with Crippen LogP contribution in [-0.2, 0) is 17.8 Å². The summed E-state index contributed by atoms with van der Waals surface area (Å²) in [4.78, 5) is 29.9. The van der Waals surface area contributed by atoms with Crippen LogP contribution in [0.4, 0.5) is 0 Å². The van der Waals surface area contributed by atoms with Gasteiger partial charge in [0.1, 0.15) is 28.9 Å². The van der Waals surface area contributed by atoms with Crippen molar-refractivity contribution in [1.82, 2.24) is 35.5 Å². The topological polar surface area (TPSA) is 152 Å². The Bertz CT molecular complexity index is 1770. The summed E-state index contributed by atoms with van der Waals surface area (Å²) in [5.74, 6) is -0.129. The van der Waals surface area contributed by atoms with Gasteiger partial charge in [0.25, 0.3) is 5.91 Å². The molecular formula is C30H31BrClN7O4. The number of aliphatic carboxylic acids is 1. The summed E-state index contributed by atoms with van der Waals surface area (Å²) >= 11 is 10.3. The molecule has 224 valence electrons. The highest BCUT2D eigenvalue weighted by molar-refractivity contribution is 9.10. The van der Waals surface area contributed by atoms with Gasteiger partial charge in [-0.25, -0.2) is 14.9 Å². The van der Waals surface area contributed by atoms with Crippen LogP contribution in [0.2, 0.25) is 5.15 Å². The standard InChI is InChI=1S/C30H31BrClN7O4/c1-4-6-11-22-33-27(32)25(29(40)34-24(30(41)42)16(3)5-2)39(22)15-17-12-13-21-20(14-17)23(31)26(43-21)18-9-7-8-10-19(18)28-35-37-38-36-28/h7-10,12-14,16,24H,4-6,11,15H2,1-3H3,(H,34,40)(H,41,42)(H,35,36,37,38)/t16-,24-/m0/s1. The van der Waals surface area contributed by atoms with Crippen LogP contribution in [-0.4, -0.2) is 53.2 Å². The number of carbonyl (C=O) groups is 2. The van der Waals surface area contributed by atoms with Crippen LogP contribution in [0.1, 0.15) is 61.9 Å². The predicted octanol–water partition coefficient (Wildman–Crippen LogP) is 6.51. The van der Waals surface area contributed by atoms with Crippen molar-refractivity contribution in [2.75, 3.05) is 0 Å². The van der Waals surface area contributed by atoms with Crippen LogP contribution in [0.3, 0.4) is 0 Å². The van der Waals surface area contributed by atoms with Crippen LogP contribution in [0.25, 0.3) is 33.7 Å². The summed E-state index contributed by atoms with van der Waals surface area (Å²) in [7, 11) is 0. The number of furan rings is 1. The average Bonchev–Trinajstić information content (AvgIpc) is 3.72. The third-order valence-electron chi connectivity index (χ3n) is 7.54. The number of benzene rings is 2. The van der Waals surface area contributed by atoms with E-state index >= 15 is 0 Å². The van der Waals surface area contributed by atoms with E-state index in [9.17, 15) is 14.7 Å². The Morgan fingerprint density at radius 2 is 1.95 bits per heavy atom. The van der Waals surface area contributed by atoms with Crippen LogP contribution < -0.4 is 5.32 Å². The number of tetrazole rings is 1. The van der Waals surface area contributed by atoms with E-state index in [0.29, 0.717) is 42.4 Å². The van der Waals surface area contributed by atoms with Gasteiger partial charge in [-0.2, -0.15) is 0 Å². The molecule has 3 N–H and O–H groups in total. The van der Waals surface area contributed by atoms with E-state index in [2.05, 4.69) is 53.8 Å². The van der Waals surface area contributed by atoms with Crippen molar-refractivity contribution >= 4 is 50.4 Å². The maximum Gasteiger partial charge on any atom is 0.326 e. The number of amides is 1. The highest BCUT2D eigenvalue weighted by Crippen LogP contribution is 2.41. The molecule has 0 saturated heterocycles. The Morgan fingerprint density at radius 3 is 2.63 bits per heavy atom. The van der Waals surface area contributed by atoms with E-state index in [1.54, 1.807) is 11.5 Å². The van der Waals surface area contributed by atoms with E-state index in [0.717, 1.165) is 39.4 Å². The second kappa shape index (κ2) is 13.1. The number of halogens is 2. The fraction of sp³-hybridized carbons (Fsp3) is 0.333. The van der Waals surface area contributed by atoms with Crippen molar-refractivity contribution in [2.24, 2.45) is 5.92 Å². The minimum atomic E-state index is -1.09. The number of imidazole rings is 1. The number of fused-ring (bicyclic) bond motifs is 1. The Balaban J connectivity index is 1.53. The van der Waals surface area contributed by atoms with Gasteiger partial charge in [0.05, 0.1) is 4.47 Å². The number of aromatic nitrogens is 6. The molecule has 5 aromatic rings. The molecular weight excluding hydrogens is 638 g/mol. The van der Waals surface area contributed by atoms with Crippen LogP contribution >= 0.6 is 27.5 Å². The predicted molar refractivity (Wildman–Crippen MR) is 166 cm³/mol.